The van der Waals surface area contributed by atoms with Crippen LogP contribution in [0.25, 0.3) is 10.9 Å². The Hall–Kier alpha value is -2.45. The molecule has 2 bridgehead atoms. The van der Waals surface area contributed by atoms with E-state index in [2.05, 4.69) is 49.5 Å². The van der Waals surface area contributed by atoms with Crippen LogP contribution in [-0.4, -0.2) is 39.5 Å². The largest absolute Gasteiger partial charge is 0.349 e. The van der Waals surface area contributed by atoms with E-state index in [-0.39, 0.29) is 39.3 Å². The summed E-state index contributed by atoms with van der Waals surface area (Å²) in [6.07, 6.45) is 3.44. The predicted octanol–water partition coefficient (Wildman–Crippen LogP) is 5.61. The average molecular weight is 503 g/mol. The number of hydrogen-bond donors (Lipinski definition) is 0. The first kappa shape index (κ1) is 21.4. The maximum absolute atomic E-state index is 14.5. The molecule has 0 spiro atoms. The molecule has 3 unspecified atom stereocenters. The van der Waals surface area contributed by atoms with Crippen LogP contribution in [0.4, 0.5) is 19.0 Å². The van der Waals surface area contributed by atoms with Crippen LogP contribution < -0.4 is 4.90 Å². The fourth-order valence-corrected chi connectivity index (χ4v) is 5.73. The first-order valence-corrected chi connectivity index (χ1v) is 11.4. The van der Waals surface area contributed by atoms with Crippen molar-refractivity contribution in [2.75, 3.05) is 11.4 Å². The number of anilines is 1. The second-order valence-corrected chi connectivity index (χ2v) is 9.19. The molecule has 3 atom stereocenters. The summed E-state index contributed by atoms with van der Waals surface area (Å²) < 4.78 is 43.3. The van der Waals surface area contributed by atoms with Crippen LogP contribution in [0.2, 0.25) is 0 Å². The Morgan fingerprint density at radius 3 is 2.62 bits per heavy atom. The zero-order valence-corrected chi connectivity index (χ0v) is 18.9. The van der Waals surface area contributed by atoms with E-state index in [1.54, 1.807) is 0 Å². The predicted molar refractivity (Wildman–Crippen MR) is 122 cm³/mol. The summed E-state index contributed by atoms with van der Waals surface area (Å²) in [5.74, 6) is -1.45. The highest BCUT2D eigenvalue weighted by molar-refractivity contribution is 9.10. The molecule has 4 nitrogen and oxygen atoms in total. The summed E-state index contributed by atoms with van der Waals surface area (Å²) in [6.45, 7) is 5.32. The van der Waals surface area contributed by atoms with Crippen molar-refractivity contribution < 1.29 is 13.2 Å². The maximum atomic E-state index is 14.5. The van der Waals surface area contributed by atoms with Crippen molar-refractivity contribution in [3.05, 3.63) is 76.8 Å². The van der Waals surface area contributed by atoms with E-state index in [1.807, 2.05) is 29.2 Å². The molecule has 3 heterocycles. The number of aromatic nitrogens is 2. The van der Waals surface area contributed by atoms with Gasteiger partial charge in [0.25, 0.3) is 0 Å². The third kappa shape index (κ3) is 3.59. The first-order valence-electron chi connectivity index (χ1n) is 10.7. The fourth-order valence-electron chi connectivity index (χ4n) is 5.25. The number of halogens is 4. The molecule has 2 saturated heterocycles. The molecule has 0 radical (unpaired) electrons. The van der Waals surface area contributed by atoms with Crippen molar-refractivity contribution in [3.8, 4) is 0 Å². The molecule has 5 rings (SSSR count). The number of hydrogen-bond acceptors (Lipinski definition) is 4. The molecule has 1 aromatic heterocycles. The third-order valence-electron chi connectivity index (χ3n) is 6.60. The summed E-state index contributed by atoms with van der Waals surface area (Å²) in [6, 6.07) is 11.4. The molecular weight excluding hydrogens is 481 g/mol. The zero-order valence-electron chi connectivity index (χ0n) is 17.3. The highest BCUT2D eigenvalue weighted by Gasteiger charge is 2.46. The van der Waals surface area contributed by atoms with Gasteiger partial charge >= 0.3 is 6.08 Å². The van der Waals surface area contributed by atoms with Crippen LogP contribution in [0.15, 0.2) is 53.5 Å². The summed E-state index contributed by atoms with van der Waals surface area (Å²) >= 11 is 3.22. The molecule has 2 aromatic carbocycles. The maximum Gasteiger partial charge on any atom is 0.311 e. The van der Waals surface area contributed by atoms with Gasteiger partial charge in [0, 0.05) is 37.3 Å². The van der Waals surface area contributed by atoms with Gasteiger partial charge in [-0.2, -0.15) is 14.4 Å². The van der Waals surface area contributed by atoms with Gasteiger partial charge in [-0.05, 0) is 40.8 Å². The van der Waals surface area contributed by atoms with E-state index < -0.39 is 17.7 Å². The van der Waals surface area contributed by atoms with Gasteiger partial charge in [-0.15, -0.1) is 6.58 Å². The first-order chi connectivity index (χ1) is 15.5. The SMILES string of the molecule is C=CCC1C2CCC(CN1c1nc(F)nc3c(F)cc(F)c(Br)c13)N2Cc1ccccc1. The van der Waals surface area contributed by atoms with Gasteiger partial charge in [0.2, 0.25) is 0 Å². The molecule has 0 saturated carbocycles. The van der Waals surface area contributed by atoms with Crippen molar-refractivity contribution in [2.24, 2.45) is 0 Å². The third-order valence-corrected chi connectivity index (χ3v) is 7.38. The monoisotopic (exact) mass is 502 g/mol. The number of fused-ring (bicyclic) bond motifs is 3. The lowest BCUT2D eigenvalue weighted by molar-refractivity contribution is 0.128. The molecule has 0 N–H and O–H groups in total. The minimum absolute atomic E-state index is 0.0420. The molecule has 166 valence electrons. The van der Waals surface area contributed by atoms with Crippen LogP contribution in [0.5, 0.6) is 0 Å². The second kappa shape index (κ2) is 8.48. The average Bonchev–Trinajstić information content (AvgIpc) is 3.06. The Balaban J connectivity index is 1.59. The van der Waals surface area contributed by atoms with Crippen molar-refractivity contribution in [1.82, 2.24) is 14.9 Å². The number of rotatable bonds is 5. The van der Waals surface area contributed by atoms with E-state index >= 15 is 0 Å². The lowest BCUT2D eigenvalue weighted by atomic mass is 9.98. The number of piperazine rings is 1. The Morgan fingerprint density at radius 2 is 1.88 bits per heavy atom. The van der Waals surface area contributed by atoms with Crippen molar-refractivity contribution in [3.63, 3.8) is 0 Å². The van der Waals surface area contributed by atoms with Gasteiger partial charge < -0.3 is 4.90 Å². The Bertz CT molecular complexity index is 1170. The molecule has 32 heavy (non-hydrogen) atoms. The van der Waals surface area contributed by atoms with Crippen LogP contribution in [-0.2, 0) is 6.54 Å². The lowest BCUT2D eigenvalue weighted by Crippen LogP contribution is -2.59. The van der Waals surface area contributed by atoms with Crippen molar-refractivity contribution in [2.45, 2.75) is 43.9 Å². The van der Waals surface area contributed by atoms with Gasteiger partial charge in [0.15, 0.2) is 5.82 Å². The molecular formula is C24H22BrF3N4. The molecule has 2 aliphatic rings. The minimum atomic E-state index is -1.03. The van der Waals surface area contributed by atoms with Gasteiger partial charge in [-0.1, -0.05) is 36.4 Å². The highest BCUT2D eigenvalue weighted by atomic mass is 79.9. The standard InChI is InChI=1S/C24H22BrF3N4/c1-2-6-18-19-10-9-15(31(19)12-14-7-4-3-5-8-14)13-32(18)23-20-21(25)16(26)11-17(27)22(20)29-24(28)30-23/h2-5,7-8,11,15,18-19H,1,6,9-10,12-13H2. The number of nitrogens with zero attached hydrogens (tertiary/aromatic N) is 4. The van der Waals surface area contributed by atoms with Gasteiger partial charge in [0.1, 0.15) is 17.2 Å². The molecule has 2 aliphatic heterocycles. The Morgan fingerprint density at radius 1 is 1.09 bits per heavy atom. The molecule has 0 amide bonds. The second-order valence-electron chi connectivity index (χ2n) is 8.39. The minimum Gasteiger partial charge on any atom is -0.349 e. The molecule has 8 heteroatoms. The number of benzene rings is 2. The van der Waals surface area contributed by atoms with Crippen molar-refractivity contribution in [1.29, 1.82) is 0 Å². The Kier molecular flexibility index (Phi) is 5.67. The van der Waals surface area contributed by atoms with E-state index in [0.717, 1.165) is 19.4 Å². The van der Waals surface area contributed by atoms with Gasteiger partial charge in [-0.25, -0.2) is 8.78 Å². The van der Waals surface area contributed by atoms with Crippen LogP contribution in [0, 0.1) is 17.7 Å². The summed E-state index contributed by atoms with van der Waals surface area (Å²) in [4.78, 5) is 12.2. The Labute approximate surface area is 192 Å². The highest BCUT2D eigenvalue weighted by Crippen LogP contribution is 2.42. The van der Waals surface area contributed by atoms with Crippen LogP contribution in [0.1, 0.15) is 24.8 Å². The fraction of sp³-hybridized carbons (Fsp3) is 0.333. The lowest BCUT2D eigenvalue weighted by Gasteiger charge is -2.47. The topological polar surface area (TPSA) is 32.3 Å². The summed E-state index contributed by atoms with van der Waals surface area (Å²) in [5.41, 5.74) is 1.01. The van der Waals surface area contributed by atoms with Gasteiger partial charge in [-0.3, -0.25) is 4.90 Å². The summed E-state index contributed by atoms with van der Waals surface area (Å²) in [7, 11) is 0. The van der Waals surface area contributed by atoms with Gasteiger partial charge in [0.05, 0.1) is 9.86 Å². The quantitative estimate of drug-likeness (QED) is 0.258. The van der Waals surface area contributed by atoms with Crippen LogP contribution in [0.3, 0.4) is 0 Å². The smallest absolute Gasteiger partial charge is 0.311 e. The summed E-state index contributed by atoms with van der Waals surface area (Å²) in [5, 5.41) is 0.161. The molecule has 3 aromatic rings. The van der Waals surface area contributed by atoms with E-state index in [9.17, 15) is 13.2 Å². The van der Waals surface area contributed by atoms with Crippen LogP contribution >= 0.6 is 15.9 Å². The molecule has 0 aliphatic carbocycles. The van der Waals surface area contributed by atoms with E-state index in [4.69, 9.17) is 0 Å². The van der Waals surface area contributed by atoms with E-state index in [0.29, 0.717) is 19.0 Å². The normalized spacial score (nSPS) is 23.1. The molecule has 2 fully saturated rings. The van der Waals surface area contributed by atoms with Crippen molar-refractivity contribution >= 4 is 32.7 Å². The van der Waals surface area contributed by atoms with E-state index in [1.165, 1.54) is 5.56 Å². The zero-order chi connectivity index (χ0) is 22.4.